The summed E-state index contributed by atoms with van der Waals surface area (Å²) in [4.78, 5) is 22.3. The zero-order valence-corrected chi connectivity index (χ0v) is 15.8. The molecule has 1 unspecified atom stereocenters. The van der Waals surface area contributed by atoms with E-state index in [-0.39, 0.29) is 24.4 Å². The number of benzene rings is 1. The van der Waals surface area contributed by atoms with Gasteiger partial charge in [0.25, 0.3) is 0 Å². The molecule has 1 aliphatic rings. The molecule has 2 aromatic rings. The first kappa shape index (κ1) is 19.6. The third-order valence-corrected chi connectivity index (χ3v) is 4.65. The summed E-state index contributed by atoms with van der Waals surface area (Å²) >= 11 is 3.25. The third-order valence-electron chi connectivity index (χ3n) is 4.24. The number of aromatic nitrogens is 2. The van der Waals surface area contributed by atoms with Crippen LogP contribution >= 0.6 is 15.9 Å². The van der Waals surface area contributed by atoms with Gasteiger partial charge in [-0.05, 0) is 46.5 Å². The average molecular weight is 444 g/mol. The van der Waals surface area contributed by atoms with Crippen molar-refractivity contribution in [3.63, 3.8) is 0 Å². The summed E-state index contributed by atoms with van der Waals surface area (Å²) < 4.78 is 44.3. The molecule has 1 fully saturated rings. The molecule has 1 saturated heterocycles. The summed E-state index contributed by atoms with van der Waals surface area (Å²) in [6.45, 7) is 0.999. The maximum absolute atomic E-state index is 12.6. The van der Waals surface area contributed by atoms with Gasteiger partial charge in [-0.15, -0.1) is 0 Å². The molecular weight excluding hydrogens is 427 g/mol. The van der Waals surface area contributed by atoms with Crippen LogP contribution in [-0.4, -0.2) is 40.0 Å². The Morgan fingerprint density at radius 2 is 1.89 bits per heavy atom. The van der Waals surface area contributed by atoms with Crippen molar-refractivity contribution in [2.45, 2.75) is 31.5 Å². The Bertz CT molecular complexity index is 782. The molecule has 2 heterocycles. The summed E-state index contributed by atoms with van der Waals surface area (Å²) in [5.74, 6) is -0.139. The number of likely N-dealkylation sites (tertiary alicyclic amines) is 1. The summed E-state index contributed by atoms with van der Waals surface area (Å²) in [6.07, 6.45) is 0.187. The molecule has 1 amide bonds. The van der Waals surface area contributed by atoms with E-state index in [1.165, 1.54) is 12.1 Å². The number of carbonyl (C=O) groups is 1. The van der Waals surface area contributed by atoms with Crippen LogP contribution in [0.25, 0.3) is 0 Å². The normalized spacial score (nSPS) is 17.6. The minimum absolute atomic E-state index is 0.0552. The van der Waals surface area contributed by atoms with Gasteiger partial charge in [-0.1, -0.05) is 12.1 Å². The van der Waals surface area contributed by atoms with E-state index >= 15 is 0 Å². The van der Waals surface area contributed by atoms with Crippen molar-refractivity contribution in [2.75, 3.05) is 13.1 Å². The Hall–Kier alpha value is -2.16. The highest BCUT2D eigenvalue weighted by Crippen LogP contribution is 2.29. The second kappa shape index (κ2) is 8.24. The number of hydrogen-bond acceptors (Lipinski definition) is 4. The zero-order chi connectivity index (χ0) is 19.4. The van der Waals surface area contributed by atoms with Gasteiger partial charge in [-0.25, -0.2) is 9.97 Å². The highest BCUT2D eigenvalue weighted by Gasteiger charge is 2.30. The minimum Gasteiger partial charge on any atom is -0.458 e. The molecule has 1 aromatic carbocycles. The first-order valence-corrected chi connectivity index (χ1v) is 9.18. The number of rotatable bonds is 4. The SMILES string of the molecule is O=C(Cc1ccc(C(F)(F)F)cc1)N1CCCC(Oc2ncc(Br)cn2)C1. The lowest BCUT2D eigenvalue weighted by Gasteiger charge is -2.32. The first-order valence-electron chi connectivity index (χ1n) is 8.39. The monoisotopic (exact) mass is 443 g/mol. The lowest BCUT2D eigenvalue weighted by Crippen LogP contribution is -2.45. The van der Waals surface area contributed by atoms with E-state index in [1.807, 2.05) is 0 Å². The van der Waals surface area contributed by atoms with Gasteiger partial charge in [-0.3, -0.25) is 4.79 Å². The second-order valence-corrected chi connectivity index (χ2v) is 7.19. The smallest absolute Gasteiger partial charge is 0.416 e. The Morgan fingerprint density at radius 1 is 1.22 bits per heavy atom. The van der Waals surface area contributed by atoms with Crippen molar-refractivity contribution in [3.8, 4) is 6.01 Å². The predicted octanol–water partition coefficient (Wildman–Crippen LogP) is 3.87. The standard InChI is InChI=1S/C18H17BrF3N3O2/c19-14-9-23-17(24-10-14)27-15-2-1-7-25(11-15)16(26)8-12-3-5-13(6-4-12)18(20,21)22/h3-6,9-10,15H,1-2,7-8,11H2. The van der Waals surface area contributed by atoms with Gasteiger partial charge in [0.05, 0.1) is 23.0 Å². The van der Waals surface area contributed by atoms with Crippen molar-refractivity contribution >= 4 is 21.8 Å². The second-order valence-electron chi connectivity index (χ2n) is 6.28. The molecule has 144 valence electrons. The predicted molar refractivity (Wildman–Crippen MR) is 95.1 cm³/mol. The van der Waals surface area contributed by atoms with Gasteiger partial charge < -0.3 is 9.64 Å². The first-order chi connectivity index (χ1) is 12.8. The van der Waals surface area contributed by atoms with Gasteiger partial charge >= 0.3 is 12.2 Å². The highest BCUT2D eigenvalue weighted by atomic mass is 79.9. The van der Waals surface area contributed by atoms with Crippen LogP contribution in [0, 0.1) is 0 Å². The fraction of sp³-hybridized carbons (Fsp3) is 0.389. The average Bonchev–Trinajstić information content (AvgIpc) is 2.63. The summed E-state index contributed by atoms with van der Waals surface area (Å²) in [5, 5.41) is 0. The van der Waals surface area contributed by atoms with Gasteiger partial charge in [0.15, 0.2) is 0 Å². The lowest BCUT2D eigenvalue weighted by molar-refractivity contribution is -0.137. The quantitative estimate of drug-likeness (QED) is 0.719. The number of halogens is 4. The Labute approximate surface area is 162 Å². The zero-order valence-electron chi connectivity index (χ0n) is 14.2. The van der Waals surface area contributed by atoms with Crippen molar-refractivity contribution < 1.29 is 22.7 Å². The number of alkyl halides is 3. The molecular formula is C18H17BrF3N3O2. The molecule has 1 aliphatic heterocycles. The third kappa shape index (κ3) is 5.41. The van der Waals surface area contributed by atoms with E-state index in [1.54, 1.807) is 17.3 Å². The van der Waals surface area contributed by atoms with Crippen LogP contribution in [-0.2, 0) is 17.4 Å². The van der Waals surface area contributed by atoms with Gasteiger partial charge in [0.1, 0.15) is 6.10 Å². The molecule has 0 radical (unpaired) electrons. The molecule has 27 heavy (non-hydrogen) atoms. The van der Waals surface area contributed by atoms with E-state index in [2.05, 4.69) is 25.9 Å². The largest absolute Gasteiger partial charge is 0.458 e. The number of amides is 1. The molecule has 0 saturated carbocycles. The highest BCUT2D eigenvalue weighted by molar-refractivity contribution is 9.10. The number of nitrogens with zero attached hydrogens (tertiary/aromatic N) is 3. The van der Waals surface area contributed by atoms with E-state index < -0.39 is 11.7 Å². The van der Waals surface area contributed by atoms with E-state index in [4.69, 9.17) is 4.74 Å². The topological polar surface area (TPSA) is 55.3 Å². The van der Waals surface area contributed by atoms with Gasteiger partial charge in [0, 0.05) is 18.9 Å². The Morgan fingerprint density at radius 3 is 2.52 bits per heavy atom. The summed E-state index contributed by atoms with van der Waals surface area (Å²) in [7, 11) is 0. The maximum atomic E-state index is 12.6. The van der Waals surface area contributed by atoms with Crippen LogP contribution in [0.3, 0.4) is 0 Å². The Balaban J connectivity index is 1.57. The van der Waals surface area contributed by atoms with Crippen LogP contribution in [0.5, 0.6) is 6.01 Å². The number of ether oxygens (including phenoxy) is 1. The van der Waals surface area contributed by atoms with Gasteiger partial charge in [-0.2, -0.15) is 13.2 Å². The van der Waals surface area contributed by atoms with Gasteiger partial charge in [0.2, 0.25) is 5.91 Å². The number of carbonyl (C=O) groups excluding carboxylic acids is 1. The number of hydrogen-bond donors (Lipinski definition) is 0. The van der Waals surface area contributed by atoms with Crippen molar-refractivity contribution in [3.05, 3.63) is 52.3 Å². The lowest BCUT2D eigenvalue weighted by atomic mass is 10.1. The summed E-state index contributed by atoms with van der Waals surface area (Å²) in [6, 6.07) is 4.92. The fourth-order valence-corrected chi connectivity index (χ4v) is 3.07. The maximum Gasteiger partial charge on any atom is 0.416 e. The van der Waals surface area contributed by atoms with Crippen LogP contribution in [0.4, 0.5) is 13.2 Å². The van der Waals surface area contributed by atoms with E-state index in [0.717, 1.165) is 29.4 Å². The molecule has 3 rings (SSSR count). The van der Waals surface area contributed by atoms with Crippen molar-refractivity contribution in [1.29, 1.82) is 0 Å². The van der Waals surface area contributed by atoms with E-state index in [9.17, 15) is 18.0 Å². The summed E-state index contributed by atoms with van der Waals surface area (Å²) in [5.41, 5.74) is -0.174. The van der Waals surface area contributed by atoms with Crippen LogP contribution in [0.2, 0.25) is 0 Å². The fourth-order valence-electron chi connectivity index (χ4n) is 2.87. The molecule has 0 aliphatic carbocycles. The van der Waals surface area contributed by atoms with Crippen molar-refractivity contribution in [1.82, 2.24) is 14.9 Å². The van der Waals surface area contributed by atoms with Crippen LogP contribution < -0.4 is 4.74 Å². The number of piperidine rings is 1. The minimum atomic E-state index is -4.38. The Kier molecular flexibility index (Phi) is 5.98. The van der Waals surface area contributed by atoms with Crippen LogP contribution in [0.15, 0.2) is 41.1 Å². The molecule has 5 nitrogen and oxygen atoms in total. The van der Waals surface area contributed by atoms with Crippen LogP contribution in [0.1, 0.15) is 24.0 Å². The molecule has 0 bridgehead atoms. The van der Waals surface area contributed by atoms with E-state index in [0.29, 0.717) is 18.7 Å². The molecule has 1 aromatic heterocycles. The molecule has 9 heteroatoms. The van der Waals surface area contributed by atoms with Crippen molar-refractivity contribution in [2.24, 2.45) is 0 Å². The molecule has 0 spiro atoms. The molecule has 1 atom stereocenters. The molecule has 0 N–H and O–H groups in total.